The van der Waals surface area contributed by atoms with Gasteiger partial charge in [0.15, 0.2) is 6.61 Å². The fourth-order valence-electron chi connectivity index (χ4n) is 2.71. The lowest BCUT2D eigenvalue weighted by molar-refractivity contribution is -0.142. The van der Waals surface area contributed by atoms with Gasteiger partial charge in [-0.25, -0.2) is 0 Å². The number of rotatable bonds is 7. The number of carbonyl (C=O) groups excluding carboxylic acids is 2. The fourth-order valence-corrected chi connectivity index (χ4v) is 3.07. The molecule has 2 amide bonds. The number of hydrogen-bond donors (Lipinski definition) is 1. The molecule has 0 aliphatic heterocycles. The Balaban J connectivity index is 2.15. The molecule has 0 spiro atoms. The average molecular weight is 508 g/mol. The summed E-state index contributed by atoms with van der Waals surface area (Å²) in [6, 6.07) is 14.8. The van der Waals surface area contributed by atoms with Crippen molar-refractivity contribution in [3.63, 3.8) is 0 Å². The highest BCUT2D eigenvalue weighted by molar-refractivity contribution is 14.1. The van der Waals surface area contributed by atoms with Crippen molar-refractivity contribution in [2.45, 2.75) is 52.7 Å². The highest BCUT2D eigenvalue weighted by Gasteiger charge is 2.28. The standard InChI is InChI=1S/C23H29IN2O3/c1-16-6-8-18(9-7-16)14-26(17(2)22(28)25-23(3,4)5)21(27)15-29-20-12-10-19(24)11-13-20/h6-13,17H,14-15H2,1-5H3,(H,25,28). The molecule has 0 radical (unpaired) electrons. The minimum absolute atomic E-state index is 0.125. The van der Waals surface area contributed by atoms with Crippen LogP contribution in [0.4, 0.5) is 0 Å². The van der Waals surface area contributed by atoms with Crippen molar-refractivity contribution in [3.8, 4) is 5.75 Å². The second kappa shape index (κ2) is 10.1. The summed E-state index contributed by atoms with van der Waals surface area (Å²) >= 11 is 2.21. The molecule has 0 aromatic heterocycles. The smallest absolute Gasteiger partial charge is 0.261 e. The molecule has 1 N–H and O–H groups in total. The van der Waals surface area contributed by atoms with Gasteiger partial charge in [-0.3, -0.25) is 9.59 Å². The lowest BCUT2D eigenvalue weighted by Gasteiger charge is -2.31. The SMILES string of the molecule is Cc1ccc(CN(C(=O)COc2ccc(I)cc2)C(C)C(=O)NC(C)(C)C)cc1. The molecule has 0 aliphatic rings. The van der Waals surface area contributed by atoms with Gasteiger partial charge in [-0.1, -0.05) is 29.8 Å². The van der Waals surface area contributed by atoms with Crippen molar-refractivity contribution in [1.82, 2.24) is 10.2 Å². The number of amides is 2. The van der Waals surface area contributed by atoms with Crippen LogP contribution in [0, 0.1) is 10.5 Å². The molecule has 0 saturated heterocycles. The molecule has 2 rings (SSSR count). The normalized spacial score (nSPS) is 12.2. The summed E-state index contributed by atoms with van der Waals surface area (Å²) < 4.78 is 6.76. The van der Waals surface area contributed by atoms with E-state index in [0.717, 1.165) is 14.7 Å². The van der Waals surface area contributed by atoms with Gasteiger partial charge in [0.25, 0.3) is 5.91 Å². The molecule has 1 unspecified atom stereocenters. The van der Waals surface area contributed by atoms with Crippen LogP contribution in [-0.4, -0.2) is 34.9 Å². The molecule has 6 heteroatoms. The molecule has 0 fully saturated rings. The Morgan fingerprint density at radius 2 is 1.66 bits per heavy atom. The zero-order valence-corrected chi connectivity index (χ0v) is 19.8. The van der Waals surface area contributed by atoms with Crippen LogP contribution in [0.3, 0.4) is 0 Å². The fraction of sp³-hybridized carbons (Fsp3) is 0.391. The van der Waals surface area contributed by atoms with Gasteiger partial charge < -0.3 is 15.0 Å². The van der Waals surface area contributed by atoms with E-state index < -0.39 is 6.04 Å². The molecule has 0 aliphatic carbocycles. The molecule has 1 atom stereocenters. The number of carbonyl (C=O) groups is 2. The van der Waals surface area contributed by atoms with Crippen LogP contribution < -0.4 is 10.1 Å². The second-order valence-electron chi connectivity index (χ2n) is 8.17. The predicted molar refractivity (Wildman–Crippen MR) is 124 cm³/mol. The molecule has 2 aromatic carbocycles. The Morgan fingerprint density at radius 1 is 1.07 bits per heavy atom. The Hall–Kier alpha value is -2.09. The number of aryl methyl sites for hydroxylation is 1. The Kier molecular flexibility index (Phi) is 8.07. The van der Waals surface area contributed by atoms with E-state index in [2.05, 4.69) is 27.9 Å². The van der Waals surface area contributed by atoms with Crippen molar-refractivity contribution >= 4 is 34.4 Å². The van der Waals surface area contributed by atoms with E-state index in [0.29, 0.717) is 12.3 Å². The van der Waals surface area contributed by atoms with Crippen molar-refractivity contribution < 1.29 is 14.3 Å². The van der Waals surface area contributed by atoms with Crippen LogP contribution in [0.15, 0.2) is 48.5 Å². The third-order valence-corrected chi connectivity index (χ3v) is 5.03. The number of nitrogens with one attached hydrogen (secondary N) is 1. The summed E-state index contributed by atoms with van der Waals surface area (Å²) in [5, 5.41) is 2.95. The zero-order valence-electron chi connectivity index (χ0n) is 17.7. The molecular weight excluding hydrogens is 479 g/mol. The highest BCUT2D eigenvalue weighted by atomic mass is 127. The van der Waals surface area contributed by atoms with Gasteiger partial charge in [-0.2, -0.15) is 0 Å². The van der Waals surface area contributed by atoms with Gasteiger partial charge in [0, 0.05) is 15.7 Å². The summed E-state index contributed by atoms with van der Waals surface area (Å²) in [5.74, 6) is 0.203. The van der Waals surface area contributed by atoms with Crippen LogP contribution in [0.2, 0.25) is 0 Å². The van der Waals surface area contributed by atoms with Crippen molar-refractivity contribution in [2.75, 3.05) is 6.61 Å². The van der Waals surface area contributed by atoms with Gasteiger partial charge >= 0.3 is 0 Å². The molecule has 2 aromatic rings. The summed E-state index contributed by atoms with van der Waals surface area (Å²) in [7, 11) is 0. The van der Waals surface area contributed by atoms with E-state index in [1.807, 2.05) is 76.2 Å². The first kappa shape index (κ1) is 23.2. The summed E-state index contributed by atoms with van der Waals surface area (Å²) in [5.41, 5.74) is 1.74. The minimum atomic E-state index is -0.622. The second-order valence-corrected chi connectivity index (χ2v) is 9.41. The number of nitrogens with zero attached hydrogens (tertiary/aromatic N) is 1. The Morgan fingerprint density at radius 3 is 2.21 bits per heavy atom. The van der Waals surface area contributed by atoms with Gasteiger partial charge in [0.2, 0.25) is 5.91 Å². The van der Waals surface area contributed by atoms with Crippen molar-refractivity contribution in [2.24, 2.45) is 0 Å². The molecule has 0 heterocycles. The number of ether oxygens (including phenoxy) is 1. The maximum Gasteiger partial charge on any atom is 0.261 e. The Bertz CT molecular complexity index is 827. The minimum Gasteiger partial charge on any atom is -0.484 e. The summed E-state index contributed by atoms with van der Waals surface area (Å²) in [6.45, 7) is 9.74. The van der Waals surface area contributed by atoms with E-state index in [9.17, 15) is 9.59 Å². The molecule has 0 bridgehead atoms. The lowest BCUT2D eigenvalue weighted by Crippen LogP contribution is -2.53. The van der Waals surface area contributed by atoms with E-state index in [1.54, 1.807) is 11.8 Å². The van der Waals surface area contributed by atoms with Crippen LogP contribution in [0.5, 0.6) is 5.75 Å². The number of benzene rings is 2. The van der Waals surface area contributed by atoms with Crippen molar-refractivity contribution in [3.05, 3.63) is 63.2 Å². The summed E-state index contributed by atoms with van der Waals surface area (Å²) in [4.78, 5) is 27.3. The molecule has 5 nitrogen and oxygen atoms in total. The van der Waals surface area contributed by atoms with E-state index in [4.69, 9.17) is 4.74 Å². The van der Waals surface area contributed by atoms with E-state index in [-0.39, 0.29) is 24.0 Å². The average Bonchev–Trinajstić information content (AvgIpc) is 2.65. The van der Waals surface area contributed by atoms with Gasteiger partial charge in [0.1, 0.15) is 11.8 Å². The first-order valence-electron chi connectivity index (χ1n) is 9.60. The molecule has 29 heavy (non-hydrogen) atoms. The lowest BCUT2D eigenvalue weighted by atomic mass is 10.1. The molecule has 156 valence electrons. The van der Waals surface area contributed by atoms with Gasteiger partial charge in [0.05, 0.1) is 0 Å². The Labute approximate surface area is 187 Å². The maximum absolute atomic E-state index is 13.0. The van der Waals surface area contributed by atoms with Crippen LogP contribution in [0.25, 0.3) is 0 Å². The van der Waals surface area contributed by atoms with Crippen LogP contribution >= 0.6 is 22.6 Å². The van der Waals surface area contributed by atoms with Gasteiger partial charge in [-0.15, -0.1) is 0 Å². The number of hydrogen-bond acceptors (Lipinski definition) is 3. The predicted octanol–water partition coefficient (Wildman–Crippen LogP) is 4.31. The number of halogens is 1. The highest BCUT2D eigenvalue weighted by Crippen LogP contribution is 2.15. The monoisotopic (exact) mass is 508 g/mol. The first-order chi connectivity index (χ1) is 13.5. The third kappa shape index (κ3) is 7.68. The molecule has 0 saturated carbocycles. The third-order valence-electron chi connectivity index (χ3n) is 4.31. The molecular formula is C23H29IN2O3. The van der Waals surface area contributed by atoms with Crippen molar-refractivity contribution in [1.29, 1.82) is 0 Å². The largest absolute Gasteiger partial charge is 0.484 e. The van der Waals surface area contributed by atoms with Crippen LogP contribution in [0.1, 0.15) is 38.8 Å². The van der Waals surface area contributed by atoms with E-state index >= 15 is 0 Å². The quantitative estimate of drug-likeness (QED) is 0.568. The summed E-state index contributed by atoms with van der Waals surface area (Å²) in [6.07, 6.45) is 0. The topological polar surface area (TPSA) is 58.6 Å². The zero-order chi connectivity index (χ0) is 21.6. The maximum atomic E-state index is 13.0. The van der Waals surface area contributed by atoms with Crippen LogP contribution in [-0.2, 0) is 16.1 Å². The van der Waals surface area contributed by atoms with Gasteiger partial charge in [-0.05, 0) is 87.0 Å². The van der Waals surface area contributed by atoms with E-state index in [1.165, 1.54) is 0 Å². The first-order valence-corrected chi connectivity index (χ1v) is 10.7.